The predicted molar refractivity (Wildman–Crippen MR) is 140 cm³/mol. The van der Waals surface area contributed by atoms with Crippen LogP contribution in [0.15, 0.2) is 83.7 Å². The maximum absolute atomic E-state index is 13.5. The van der Waals surface area contributed by atoms with Crippen LogP contribution in [0.3, 0.4) is 0 Å². The molecular formula is C27H18ClN3O4S. The Morgan fingerprint density at radius 1 is 1.03 bits per heavy atom. The summed E-state index contributed by atoms with van der Waals surface area (Å²) in [5.74, 6) is -1.16. The Balaban J connectivity index is 1.91. The number of methoxy groups -OCH3 is 1. The zero-order chi connectivity index (χ0) is 25.7. The third-order valence-corrected chi connectivity index (χ3v) is 6.56. The number of nitrogens with one attached hydrogen (secondary N) is 1. The van der Waals surface area contributed by atoms with Gasteiger partial charge >= 0.3 is 5.97 Å². The van der Waals surface area contributed by atoms with E-state index in [1.54, 1.807) is 84.9 Å². The molecule has 0 aliphatic heterocycles. The van der Waals surface area contributed by atoms with Gasteiger partial charge in [0.05, 0.1) is 33.6 Å². The molecule has 1 amide bonds. The fraction of sp³-hybridized carbons (Fsp3) is 0.0370. The summed E-state index contributed by atoms with van der Waals surface area (Å²) in [6.07, 6.45) is 1.64. The number of nitriles is 1. The standard InChI is InChI=1S/C27H18ClN3O4S/c1-35-27(34)18-13-11-17(12-14-18)15-23-25(33)31(19-7-3-2-4-8-19)26(36-23)20(16-29)24(32)30-22-10-6-5-9-21(22)28/h2-15H,1H3,(H,30,32). The van der Waals surface area contributed by atoms with Gasteiger partial charge in [0.2, 0.25) is 0 Å². The second kappa shape index (κ2) is 10.9. The number of ether oxygens (including phenoxy) is 1. The molecule has 1 aromatic heterocycles. The minimum absolute atomic E-state index is 0.177. The molecule has 0 unspecified atom stereocenters. The van der Waals surface area contributed by atoms with Gasteiger partial charge in [0, 0.05) is 0 Å². The van der Waals surface area contributed by atoms with Gasteiger partial charge in [-0.15, -0.1) is 11.3 Å². The topological polar surface area (TPSA) is 101 Å². The SMILES string of the molecule is COC(=O)c1ccc(C=c2sc(=C(C#N)C(=O)Nc3ccccc3Cl)n(-c3ccccc3)c2=O)cc1. The number of amides is 1. The van der Waals surface area contributed by atoms with E-state index in [2.05, 4.69) is 5.32 Å². The summed E-state index contributed by atoms with van der Waals surface area (Å²) < 4.78 is 6.53. The molecule has 1 N–H and O–H groups in total. The van der Waals surface area contributed by atoms with Gasteiger partial charge in [0.25, 0.3) is 11.5 Å². The third kappa shape index (κ3) is 5.13. The quantitative estimate of drug-likeness (QED) is 0.410. The summed E-state index contributed by atoms with van der Waals surface area (Å²) in [7, 11) is 1.30. The first-order chi connectivity index (χ1) is 17.4. The molecule has 0 bridgehead atoms. The fourth-order valence-electron chi connectivity index (χ4n) is 3.39. The molecule has 0 aliphatic rings. The number of hydrogen-bond donors (Lipinski definition) is 1. The van der Waals surface area contributed by atoms with Gasteiger partial charge in [-0.3, -0.25) is 14.2 Å². The molecule has 0 saturated carbocycles. The van der Waals surface area contributed by atoms with Gasteiger partial charge in [0.15, 0.2) is 5.57 Å². The van der Waals surface area contributed by atoms with E-state index >= 15 is 0 Å². The lowest BCUT2D eigenvalue weighted by atomic mass is 10.1. The zero-order valence-electron chi connectivity index (χ0n) is 18.9. The van der Waals surface area contributed by atoms with Crippen LogP contribution in [-0.4, -0.2) is 23.6 Å². The van der Waals surface area contributed by atoms with Crippen LogP contribution in [0.1, 0.15) is 15.9 Å². The number of esters is 1. The van der Waals surface area contributed by atoms with Crippen molar-refractivity contribution in [1.82, 2.24) is 4.57 Å². The predicted octanol–water partition coefficient (Wildman–Crippen LogP) is 3.48. The molecule has 4 aromatic rings. The Labute approximate surface area is 214 Å². The lowest BCUT2D eigenvalue weighted by Gasteiger charge is -2.07. The van der Waals surface area contributed by atoms with E-state index in [1.807, 2.05) is 6.07 Å². The number of hydrogen-bond acceptors (Lipinski definition) is 6. The Morgan fingerprint density at radius 2 is 1.69 bits per heavy atom. The third-order valence-electron chi connectivity index (χ3n) is 5.14. The summed E-state index contributed by atoms with van der Waals surface area (Å²) in [6.45, 7) is 0. The van der Waals surface area contributed by atoms with Crippen LogP contribution in [-0.2, 0) is 9.53 Å². The molecule has 0 fully saturated rings. The number of benzene rings is 3. The van der Waals surface area contributed by atoms with Crippen molar-refractivity contribution < 1.29 is 14.3 Å². The second-order valence-corrected chi connectivity index (χ2v) is 8.86. The molecular weight excluding hydrogens is 498 g/mol. The van der Waals surface area contributed by atoms with Gasteiger partial charge in [-0.2, -0.15) is 5.26 Å². The number of rotatable bonds is 5. The Morgan fingerprint density at radius 3 is 2.33 bits per heavy atom. The zero-order valence-corrected chi connectivity index (χ0v) is 20.5. The van der Waals surface area contributed by atoms with Crippen LogP contribution in [0.2, 0.25) is 5.02 Å². The molecule has 0 saturated heterocycles. The number of halogens is 1. The van der Waals surface area contributed by atoms with Crippen LogP contribution in [0, 0.1) is 11.3 Å². The highest BCUT2D eigenvalue weighted by Gasteiger charge is 2.18. The summed E-state index contributed by atoms with van der Waals surface area (Å²) >= 11 is 7.17. The Hall–Kier alpha value is -4.45. The van der Waals surface area contributed by atoms with Gasteiger partial charge in [0.1, 0.15) is 10.7 Å². The average molecular weight is 516 g/mol. The van der Waals surface area contributed by atoms with Crippen LogP contribution < -0.4 is 20.1 Å². The van der Waals surface area contributed by atoms with Crippen LogP contribution in [0.4, 0.5) is 5.69 Å². The van der Waals surface area contributed by atoms with Crippen molar-refractivity contribution in [3.63, 3.8) is 0 Å². The summed E-state index contributed by atoms with van der Waals surface area (Å²) in [6, 6.07) is 23.9. The number of carbonyl (C=O) groups is 2. The second-order valence-electron chi connectivity index (χ2n) is 7.43. The molecule has 9 heteroatoms. The van der Waals surface area contributed by atoms with E-state index < -0.39 is 17.4 Å². The van der Waals surface area contributed by atoms with E-state index in [0.29, 0.717) is 32.1 Å². The van der Waals surface area contributed by atoms with E-state index in [0.717, 1.165) is 11.3 Å². The van der Waals surface area contributed by atoms with Crippen molar-refractivity contribution in [3.05, 3.63) is 115 Å². The van der Waals surface area contributed by atoms with Crippen molar-refractivity contribution in [2.24, 2.45) is 0 Å². The molecule has 7 nitrogen and oxygen atoms in total. The smallest absolute Gasteiger partial charge is 0.337 e. The first-order valence-electron chi connectivity index (χ1n) is 10.6. The molecule has 0 aliphatic carbocycles. The molecule has 3 aromatic carbocycles. The maximum Gasteiger partial charge on any atom is 0.337 e. The number of para-hydroxylation sites is 2. The van der Waals surface area contributed by atoms with Crippen LogP contribution in [0.5, 0.6) is 0 Å². The fourth-order valence-corrected chi connectivity index (χ4v) is 4.67. The maximum atomic E-state index is 13.5. The molecule has 0 atom stereocenters. The van der Waals surface area contributed by atoms with E-state index in [4.69, 9.17) is 16.3 Å². The van der Waals surface area contributed by atoms with E-state index in [-0.39, 0.29) is 10.2 Å². The summed E-state index contributed by atoms with van der Waals surface area (Å²) in [5.41, 5.74) is 1.26. The molecule has 0 spiro atoms. The highest BCUT2D eigenvalue weighted by Crippen LogP contribution is 2.21. The van der Waals surface area contributed by atoms with E-state index in [1.165, 1.54) is 11.7 Å². The highest BCUT2D eigenvalue weighted by molar-refractivity contribution is 7.07. The van der Waals surface area contributed by atoms with Crippen molar-refractivity contribution >= 4 is 52.2 Å². The van der Waals surface area contributed by atoms with Gasteiger partial charge in [-0.1, -0.05) is 54.1 Å². The molecule has 0 radical (unpaired) electrons. The first kappa shape index (κ1) is 24.7. The number of nitrogens with zero attached hydrogens (tertiary/aromatic N) is 2. The minimum atomic E-state index is -0.689. The van der Waals surface area contributed by atoms with Crippen LogP contribution >= 0.6 is 22.9 Å². The number of aromatic nitrogens is 1. The van der Waals surface area contributed by atoms with Gasteiger partial charge in [-0.05, 0) is 48.0 Å². The number of thiazole rings is 1. The van der Waals surface area contributed by atoms with Gasteiger partial charge < -0.3 is 10.1 Å². The molecule has 1 heterocycles. The summed E-state index contributed by atoms with van der Waals surface area (Å²) in [4.78, 5) is 38.3. The Bertz CT molecular complexity index is 1670. The molecule has 36 heavy (non-hydrogen) atoms. The van der Waals surface area contributed by atoms with Crippen molar-refractivity contribution in [3.8, 4) is 11.8 Å². The van der Waals surface area contributed by atoms with Crippen molar-refractivity contribution in [1.29, 1.82) is 5.26 Å². The number of carbonyl (C=O) groups excluding carboxylic acids is 2. The first-order valence-corrected chi connectivity index (χ1v) is 11.8. The minimum Gasteiger partial charge on any atom is -0.465 e. The van der Waals surface area contributed by atoms with E-state index in [9.17, 15) is 19.6 Å². The van der Waals surface area contributed by atoms with Gasteiger partial charge in [-0.25, -0.2) is 4.79 Å². The monoisotopic (exact) mass is 515 g/mol. The molecule has 178 valence electrons. The average Bonchev–Trinajstić information content (AvgIpc) is 3.21. The lowest BCUT2D eigenvalue weighted by Crippen LogP contribution is -2.32. The Kier molecular flexibility index (Phi) is 7.44. The largest absolute Gasteiger partial charge is 0.465 e. The highest BCUT2D eigenvalue weighted by atomic mass is 35.5. The van der Waals surface area contributed by atoms with Crippen molar-refractivity contribution in [2.75, 3.05) is 12.4 Å². The lowest BCUT2D eigenvalue weighted by molar-refractivity contribution is -0.111. The van der Waals surface area contributed by atoms with Crippen molar-refractivity contribution in [2.45, 2.75) is 0 Å². The molecule has 4 rings (SSSR count). The summed E-state index contributed by atoms with van der Waals surface area (Å²) in [5, 5.41) is 12.9. The normalized spacial score (nSPS) is 12.0. The number of anilines is 1. The van der Waals surface area contributed by atoms with Crippen LogP contribution in [0.25, 0.3) is 17.3 Å².